The summed E-state index contributed by atoms with van der Waals surface area (Å²) >= 11 is 0. The zero-order valence-electron chi connectivity index (χ0n) is 15.8. The van der Waals surface area contributed by atoms with Gasteiger partial charge in [-0.05, 0) is 48.7 Å². The number of carbonyl (C=O) groups is 1. The molecule has 1 atom stereocenters. The topological polar surface area (TPSA) is 81.7 Å². The zero-order valence-corrected chi connectivity index (χ0v) is 16.6. The smallest absolute Gasteiger partial charge is 0.307 e. The minimum Gasteiger partial charge on any atom is -0.497 e. The molecule has 2 aromatic rings. The molecule has 146 valence electrons. The van der Waals surface area contributed by atoms with Crippen molar-refractivity contribution < 1.29 is 22.7 Å². The normalized spacial score (nSPS) is 12.4. The van der Waals surface area contributed by atoms with Crippen molar-refractivity contribution in [1.29, 1.82) is 0 Å². The van der Waals surface area contributed by atoms with Gasteiger partial charge in [-0.1, -0.05) is 31.2 Å². The van der Waals surface area contributed by atoms with E-state index in [1.807, 2.05) is 6.92 Å². The van der Waals surface area contributed by atoms with E-state index in [1.54, 1.807) is 55.5 Å². The van der Waals surface area contributed by atoms with Gasteiger partial charge in [-0.2, -0.15) is 0 Å². The van der Waals surface area contributed by atoms with Gasteiger partial charge in [0.1, 0.15) is 5.75 Å². The van der Waals surface area contributed by atoms with Gasteiger partial charge in [0.05, 0.1) is 31.1 Å². The van der Waals surface area contributed by atoms with Crippen LogP contribution in [0.5, 0.6) is 5.75 Å². The van der Waals surface area contributed by atoms with Gasteiger partial charge >= 0.3 is 5.97 Å². The molecule has 0 aliphatic carbocycles. The van der Waals surface area contributed by atoms with Gasteiger partial charge in [0.2, 0.25) is 10.0 Å². The number of aryl methyl sites for hydroxylation is 1. The third kappa shape index (κ3) is 5.80. The van der Waals surface area contributed by atoms with Gasteiger partial charge in [-0.15, -0.1) is 0 Å². The minimum atomic E-state index is -3.81. The monoisotopic (exact) mass is 391 g/mol. The van der Waals surface area contributed by atoms with Crippen molar-refractivity contribution in [3.05, 3.63) is 59.7 Å². The van der Waals surface area contributed by atoms with Crippen LogP contribution in [0.15, 0.2) is 53.4 Å². The van der Waals surface area contributed by atoms with Crippen LogP contribution in [0.3, 0.4) is 0 Å². The Balaban J connectivity index is 2.32. The van der Waals surface area contributed by atoms with E-state index < -0.39 is 22.0 Å². The molecular formula is C20H25NO5S. The van der Waals surface area contributed by atoms with E-state index in [-0.39, 0.29) is 17.9 Å². The van der Waals surface area contributed by atoms with Crippen molar-refractivity contribution in [2.75, 3.05) is 13.7 Å². The lowest BCUT2D eigenvalue weighted by Gasteiger charge is -2.19. The Bertz CT molecular complexity index is 862. The third-order valence-corrected chi connectivity index (χ3v) is 5.60. The second kappa shape index (κ2) is 9.53. The van der Waals surface area contributed by atoms with Crippen LogP contribution in [0.2, 0.25) is 0 Å². The van der Waals surface area contributed by atoms with Crippen LogP contribution in [-0.4, -0.2) is 28.1 Å². The molecule has 1 N–H and O–H groups in total. The van der Waals surface area contributed by atoms with Gasteiger partial charge in [-0.25, -0.2) is 13.1 Å². The number of sulfonamides is 1. The van der Waals surface area contributed by atoms with Crippen molar-refractivity contribution in [3.8, 4) is 5.75 Å². The van der Waals surface area contributed by atoms with E-state index in [0.29, 0.717) is 11.3 Å². The number of ether oxygens (including phenoxy) is 2. The summed E-state index contributed by atoms with van der Waals surface area (Å²) < 4.78 is 38.4. The molecule has 1 unspecified atom stereocenters. The summed E-state index contributed by atoms with van der Waals surface area (Å²) in [5, 5.41) is 0. The van der Waals surface area contributed by atoms with Crippen LogP contribution in [0.4, 0.5) is 0 Å². The van der Waals surface area contributed by atoms with Gasteiger partial charge in [0, 0.05) is 0 Å². The molecule has 2 aromatic carbocycles. The Labute approximate surface area is 160 Å². The van der Waals surface area contributed by atoms with E-state index in [9.17, 15) is 13.2 Å². The molecule has 0 saturated carbocycles. The standard InChI is InChI=1S/C20H25NO5S/c1-4-15-9-11-18(12-10-15)27(23,24)21-19(14-20(22)26-5-2)16-7-6-8-17(13-16)25-3/h6-13,19,21H,4-5,14H2,1-3H3. The summed E-state index contributed by atoms with van der Waals surface area (Å²) in [6.45, 7) is 3.94. The maximum Gasteiger partial charge on any atom is 0.307 e. The van der Waals surface area contributed by atoms with Gasteiger partial charge < -0.3 is 9.47 Å². The van der Waals surface area contributed by atoms with E-state index in [4.69, 9.17) is 9.47 Å². The van der Waals surface area contributed by atoms with Gasteiger partial charge in [0.15, 0.2) is 0 Å². The zero-order chi connectivity index (χ0) is 19.9. The molecule has 27 heavy (non-hydrogen) atoms. The predicted molar refractivity (Wildman–Crippen MR) is 103 cm³/mol. The molecule has 0 aliphatic rings. The highest BCUT2D eigenvalue weighted by Gasteiger charge is 2.24. The predicted octanol–water partition coefficient (Wildman–Crippen LogP) is 3.23. The van der Waals surface area contributed by atoms with E-state index in [0.717, 1.165) is 12.0 Å². The van der Waals surface area contributed by atoms with E-state index >= 15 is 0 Å². The highest BCUT2D eigenvalue weighted by atomic mass is 32.2. The number of hydrogen-bond acceptors (Lipinski definition) is 5. The Morgan fingerprint density at radius 2 is 1.81 bits per heavy atom. The number of methoxy groups -OCH3 is 1. The molecule has 0 aromatic heterocycles. The van der Waals surface area contributed by atoms with Crippen LogP contribution < -0.4 is 9.46 Å². The van der Waals surface area contributed by atoms with E-state index in [1.165, 1.54) is 7.11 Å². The molecule has 0 saturated heterocycles. The molecule has 2 rings (SSSR count). The maximum absolute atomic E-state index is 12.8. The summed E-state index contributed by atoms with van der Waals surface area (Å²) in [5.74, 6) is 0.0993. The van der Waals surface area contributed by atoms with E-state index in [2.05, 4.69) is 4.72 Å². The second-order valence-corrected chi connectivity index (χ2v) is 7.67. The largest absolute Gasteiger partial charge is 0.497 e. The minimum absolute atomic E-state index is 0.118. The average Bonchev–Trinajstić information content (AvgIpc) is 2.67. The number of nitrogens with one attached hydrogen (secondary N) is 1. The van der Waals surface area contributed by atoms with Crippen LogP contribution in [-0.2, 0) is 26.0 Å². The van der Waals surface area contributed by atoms with Crippen molar-refractivity contribution in [2.24, 2.45) is 0 Å². The third-order valence-electron chi connectivity index (χ3n) is 4.11. The summed E-state index contributed by atoms with van der Waals surface area (Å²) in [4.78, 5) is 12.1. The first-order valence-corrected chi connectivity index (χ1v) is 10.3. The fourth-order valence-electron chi connectivity index (χ4n) is 2.63. The Morgan fingerprint density at radius 3 is 2.41 bits per heavy atom. The lowest BCUT2D eigenvalue weighted by molar-refractivity contribution is -0.143. The van der Waals surface area contributed by atoms with Crippen molar-refractivity contribution >= 4 is 16.0 Å². The van der Waals surface area contributed by atoms with Crippen molar-refractivity contribution in [3.63, 3.8) is 0 Å². The summed E-state index contributed by atoms with van der Waals surface area (Å²) in [6.07, 6.45) is 0.705. The molecule has 0 heterocycles. The lowest BCUT2D eigenvalue weighted by atomic mass is 10.0. The molecule has 0 spiro atoms. The summed E-state index contributed by atoms with van der Waals surface area (Å²) in [5.41, 5.74) is 1.67. The number of hydrogen-bond donors (Lipinski definition) is 1. The fraction of sp³-hybridized carbons (Fsp3) is 0.350. The summed E-state index contributed by atoms with van der Waals surface area (Å²) in [7, 11) is -2.28. The van der Waals surface area contributed by atoms with Crippen molar-refractivity contribution in [2.45, 2.75) is 37.6 Å². The van der Waals surface area contributed by atoms with Crippen molar-refractivity contribution in [1.82, 2.24) is 4.72 Å². The quantitative estimate of drug-likeness (QED) is 0.664. The molecule has 0 aliphatic heterocycles. The molecule has 0 bridgehead atoms. The highest BCUT2D eigenvalue weighted by molar-refractivity contribution is 7.89. The SMILES string of the molecule is CCOC(=O)CC(NS(=O)(=O)c1ccc(CC)cc1)c1cccc(OC)c1. The molecular weight excluding hydrogens is 366 g/mol. The molecule has 0 radical (unpaired) electrons. The highest BCUT2D eigenvalue weighted by Crippen LogP contribution is 2.24. The first kappa shape index (κ1) is 20.9. The Morgan fingerprint density at radius 1 is 1.11 bits per heavy atom. The van der Waals surface area contributed by atoms with Gasteiger partial charge in [0.25, 0.3) is 0 Å². The Kier molecular flexibility index (Phi) is 7.38. The number of carbonyl (C=O) groups excluding carboxylic acids is 1. The average molecular weight is 391 g/mol. The number of esters is 1. The lowest BCUT2D eigenvalue weighted by Crippen LogP contribution is -2.30. The summed E-state index contributed by atoms with van der Waals surface area (Å²) in [6, 6.07) is 12.9. The maximum atomic E-state index is 12.8. The molecule has 6 nitrogen and oxygen atoms in total. The van der Waals surface area contributed by atoms with Gasteiger partial charge in [-0.3, -0.25) is 4.79 Å². The first-order valence-electron chi connectivity index (χ1n) is 8.80. The van der Waals surface area contributed by atoms with Crippen LogP contribution >= 0.6 is 0 Å². The Hall–Kier alpha value is -2.38. The van der Waals surface area contributed by atoms with Crippen LogP contribution in [0.1, 0.15) is 37.4 Å². The number of benzene rings is 2. The first-order chi connectivity index (χ1) is 12.9. The molecule has 0 fully saturated rings. The van der Waals surface area contributed by atoms with Crippen LogP contribution in [0.25, 0.3) is 0 Å². The molecule has 0 amide bonds. The second-order valence-electron chi connectivity index (χ2n) is 5.96. The fourth-order valence-corrected chi connectivity index (χ4v) is 3.86. The number of rotatable bonds is 9. The van der Waals surface area contributed by atoms with Crippen LogP contribution in [0, 0.1) is 0 Å². The molecule has 7 heteroatoms.